The van der Waals surface area contributed by atoms with E-state index < -0.39 is 0 Å². The molecule has 10 heteroatoms. The fourth-order valence-electron chi connectivity index (χ4n) is 3.86. The van der Waals surface area contributed by atoms with Gasteiger partial charge in [-0.2, -0.15) is 0 Å². The Morgan fingerprint density at radius 3 is 1.14 bits per heavy atom. The Hall–Kier alpha value is -1.34. The largest absolute Gasteiger partial charge is 0.491 e. The summed E-state index contributed by atoms with van der Waals surface area (Å²) >= 11 is 0. The zero-order valence-electron chi connectivity index (χ0n) is 27.1. The highest BCUT2D eigenvalue weighted by atomic mass is 16.6. The predicted molar refractivity (Wildman–Crippen MR) is 167 cm³/mol. The van der Waals surface area contributed by atoms with Gasteiger partial charge in [0.1, 0.15) is 12.4 Å². The van der Waals surface area contributed by atoms with Gasteiger partial charge in [0.15, 0.2) is 0 Å². The minimum Gasteiger partial charge on any atom is -0.491 e. The van der Waals surface area contributed by atoms with Crippen LogP contribution in [0, 0.1) is 0 Å². The van der Waals surface area contributed by atoms with Crippen molar-refractivity contribution in [2.45, 2.75) is 51.9 Å². The minimum absolute atomic E-state index is 0.525. The number of hydrogen-bond acceptors (Lipinski definition) is 10. The average molecular weight is 617 g/mol. The second-order valence-corrected chi connectivity index (χ2v) is 9.90. The van der Waals surface area contributed by atoms with Gasteiger partial charge in [-0.3, -0.25) is 0 Å². The van der Waals surface area contributed by atoms with E-state index >= 15 is 0 Å². The molecular weight excluding hydrogens is 556 g/mol. The molecule has 0 saturated carbocycles. The quantitative estimate of drug-likeness (QED) is 0.0996. The van der Waals surface area contributed by atoms with Crippen molar-refractivity contribution in [3.8, 4) is 5.75 Å². The number of ether oxygens (including phenoxy) is 10. The maximum absolute atomic E-state index is 5.76. The summed E-state index contributed by atoms with van der Waals surface area (Å²) in [6.07, 6.45) is 9.11. The van der Waals surface area contributed by atoms with Crippen LogP contribution in [0.1, 0.15) is 51.0 Å². The van der Waals surface area contributed by atoms with Crippen molar-refractivity contribution in [3.05, 3.63) is 29.8 Å². The minimum atomic E-state index is 0.525. The Morgan fingerprint density at radius 2 is 0.744 bits per heavy atom. The summed E-state index contributed by atoms with van der Waals surface area (Å²) < 4.78 is 54.4. The van der Waals surface area contributed by atoms with E-state index in [2.05, 4.69) is 31.2 Å². The molecule has 1 aromatic rings. The molecule has 0 unspecified atom stereocenters. The van der Waals surface area contributed by atoms with Crippen LogP contribution >= 0.6 is 0 Å². The molecule has 1 aromatic carbocycles. The van der Waals surface area contributed by atoms with Crippen molar-refractivity contribution >= 4 is 0 Å². The summed E-state index contributed by atoms with van der Waals surface area (Å²) in [4.78, 5) is 0. The molecule has 0 aliphatic heterocycles. The first-order valence-corrected chi connectivity index (χ1v) is 16.2. The average Bonchev–Trinajstić information content (AvgIpc) is 3.03. The summed E-state index contributed by atoms with van der Waals surface area (Å²) in [6, 6.07) is 8.44. The van der Waals surface area contributed by atoms with Crippen LogP contribution in [0.2, 0.25) is 0 Å². The monoisotopic (exact) mass is 616 g/mol. The van der Waals surface area contributed by atoms with Gasteiger partial charge in [0.2, 0.25) is 0 Å². The van der Waals surface area contributed by atoms with Crippen molar-refractivity contribution in [1.29, 1.82) is 0 Å². The summed E-state index contributed by atoms with van der Waals surface area (Å²) in [5.41, 5.74) is 1.38. The summed E-state index contributed by atoms with van der Waals surface area (Å²) in [5.74, 6) is 0.888. The fraction of sp³-hybridized carbons (Fsp3) is 0.818. The van der Waals surface area contributed by atoms with Crippen LogP contribution in [0.5, 0.6) is 5.75 Å². The molecule has 252 valence electrons. The molecule has 0 atom stereocenters. The summed E-state index contributed by atoms with van der Waals surface area (Å²) in [7, 11) is 1.65. The van der Waals surface area contributed by atoms with Gasteiger partial charge in [-0.1, -0.05) is 51.2 Å². The topological polar surface area (TPSA) is 92.3 Å². The maximum Gasteiger partial charge on any atom is 0.119 e. The molecule has 0 aliphatic rings. The highest BCUT2D eigenvalue weighted by Crippen LogP contribution is 2.15. The highest BCUT2D eigenvalue weighted by Gasteiger charge is 1.99. The second-order valence-electron chi connectivity index (χ2n) is 9.90. The first kappa shape index (κ1) is 39.7. The Balaban J connectivity index is 1.72. The number of benzene rings is 1. The van der Waals surface area contributed by atoms with Crippen LogP contribution < -0.4 is 4.74 Å². The van der Waals surface area contributed by atoms with Gasteiger partial charge < -0.3 is 47.4 Å². The van der Waals surface area contributed by atoms with Crippen LogP contribution in [-0.2, 0) is 49.1 Å². The molecule has 0 amide bonds. The molecule has 0 saturated heterocycles. The van der Waals surface area contributed by atoms with E-state index in [9.17, 15) is 0 Å². The lowest BCUT2D eigenvalue weighted by Gasteiger charge is -2.09. The van der Waals surface area contributed by atoms with Gasteiger partial charge in [-0.25, -0.2) is 0 Å². The van der Waals surface area contributed by atoms with Gasteiger partial charge in [-0.15, -0.1) is 0 Å². The van der Waals surface area contributed by atoms with Crippen molar-refractivity contribution in [3.63, 3.8) is 0 Å². The fourth-order valence-corrected chi connectivity index (χ4v) is 3.86. The molecule has 1 rings (SSSR count). The lowest BCUT2D eigenvalue weighted by Crippen LogP contribution is -2.15. The van der Waals surface area contributed by atoms with E-state index in [1.807, 2.05) is 0 Å². The van der Waals surface area contributed by atoms with E-state index in [0.29, 0.717) is 119 Å². The maximum atomic E-state index is 5.76. The molecule has 10 nitrogen and oxygen atoms in total. The predicted octanol–water partition coefficient (Wildman–Crippen LogP) is 4.75. The lowest BCUT2D eigenvalue weighted by atomic mass is 10.0. The van der Waals surface area contributed by atoms with Gasteiger partial charge >= 0.3 is 0 Å². The smallest absolute Gasteiger partial charge is 0.119 e. The SMILES string of the molecule is CCCCCCCCc1ccc(OCCOCCOCCOCCOCCOCCOCCOCCOCCOC)cc1. The number of rotatable bonds is 35. The van der Waals surface area contributed by atoms with Crippen molar-refractivity contribution < 1.29 is 47.4 Å². The van der Waals surface area contributed by atoms with E-state index in [1.54, 1.807) is 7.11 Å². The highest BCUT2D eigenvalue weighted by molar-refractivity contribution is 5.27. The zero-order valence-corrected chi connectivity index (χ0v) is 27.1. The normalized spacial score (nSPS) is 11.4. The third-order valence-corrected chi connectivity index (χ3v) is 6.27. The Bertz CT molecular complexity index is 662. The molecule has 43 heavy (non-hydrogen) atoms. The first-order valence-electron chi connectivity index (χ1n) is 16.2. The van der Waals surface area contributed by atoms with E-state index in [0.717, 1.165) is 12.2 Å². The van der Waals surface area contributed by atoms with E-state index in [4.69, 9.17) is 47.4 Å². The molecule has 0 fully saturated rings. The summed E-state index contributed by atoms with van der Waals surface area (Å²) in [5, 5.41) is 0. The molecule has 0 aromatic heterocycles. The molecule has 0 N–H and O–H groups in total. The van der Waals surface area contributed by atoms with Gasteiger partial charge in [0, 0.05) is 7.11 Å². The van der Waals surface area contributed by atoms with Gasteiger partial charge in [0.05, 0.1) is 112 Å². The van der Waals surface area contributed by atoms with Crippen LogP contribution in [0.25, 0.3) is 0 Å². The number of aryl methyl sites for hydroxylation is 1. The molecule has 0 bridgehead atoms. The Labute approximate surface area is 260 Å². The molecule has 0 heterocycles. The van der Waals surface area contributed by atoms with Crippen molar-refractivity contribution in [2.75, 3.05) is 126 Å². The van der Waals surface area contributed by atoms with Gasteiger partial charge in [-0.05, 0) is 30.5 Å². The van der Waals surface area contributed by atoms with Crippen molar-refractivity contribution in [2.24, 2.45) is 0 Å². The molecule has 0 spiro atoms. The van der Waals surface area contributed by atoms with Crippen LogP contribution in [0.4, 0.5) is 0 Å². The third-order valence-electron chi connectivity index (χ3n) is 6.27. The van der Waals surface area contributed by atoms with Crippen LogP contribution in [-0.4, -0.2) is 126 Å². The molecule has 0 aliphatic carbocycles. The Kier molecular flexibility index (Phi) is 31.0. The third kappa shape index (κ3) is 29.1. The Morgan fingerprint density at radius 1 is 0.395 bits per heavy atom. The van der Waals surface area contributed by atoms with Crippen molar-refractivity contribution in [1.82, 2.24) is 0 Å². The zero-order chi connectivity index (χ0) is 30.7. The number of unbranched alkanes of at least 4 members (excludes halogenated alkanes) is 5. The molecule has 0 radical (unpaired) electrons. The van der Waals surface area contributed by atoms with Crippen LogP contribution in [0.3, 0.4) is 0 Å². The summed E-state index contributed by atoms with van der Waals surface area (Å²) in [6.45, 7) is 12.0. The number of methoxy groups -OCH3 is 1. The molecular formula is C33H60O10. The number of hydrogen-bond donors (Lipinski definition) is 0. The van der Waals surface area contributed by atoms with E-state index in [1.165, 1.54) is 44.1 Å². The van der Waals surface area contributed by atoms with E-state index in [-0.39, 0.29) is 0 Å². The lowest BCUT2D eigenvalue weighted by molar-refractivity contribution is -0.0247. The second kappa shape index (κ2) is 33.6. The standard InChI is InChI=1S/C33H60O10/c1-3-4-5-6-7-8-9-32-10-12-33(13-11-32)43-31-30-42-29-28-41-27-26-40-25-24-39-23-22-38-21-20-37-19-18-36-17-16-35-15-14-34-2/h10-13H,3-9,14-31H2,1-2H3. The van der Waals surface area contributed by atoms with Gasteiger partial charge in [0.25, 0.3) is 0 Å². The van der Waals surface area contributed by atoms with Crippen LogP contribution in [0.15, 0.2) is 24.3 Å². The first-order chi connectivity index (χ1) is 21.4.